The summed E-state index contributed by atoms with van der Waals surface area (Å²) in [7, 11) is 0. The minimum absolute atomic E-state index is 0.114. The summed E-state index contributed by atoms with van der Waals surface area (Å²) in [6.45, 7) is 0.114. The second-order valence-corrected chi connectivity index (χ2v) is 4.29. The van der Waals surface area contributed by atoms with Gasteiger partial charge >= 0.3 is 6.03 Å². The second kappa shape index (κ2) is 6.20. The number of benzene rings is 2. The van der Waals surface area contributed by atoms with Crippen LogP contribution in [0.2, 0.25) is 5.02 Å². The van der Waals surface area contributed by atoms with Gasteiger partial charge in [-0.15, -0.1) is 0 Å². The van der Waals surface area contributed by atoms with E-state index in [1.165, 1.54) is 6.07 Å². The SMILES string of the molecule is O=C(NCc1ccccc1F)Nc1ccccc1Cl. The molecule has 0 spiro atoms. The van der Waals surface area contributed by atoms with Gasteiger partial charge in [0.25, 0.3) is 0 Å². The zero-order chi connectivity index (χ0) is 13.7. The lowest BCUT2D eigenvalue weighted by atomic mass is 10.2. The van der Waals surface area contributed by atoms with Crippen molar-refractivity contribution in [3.05, 3.63) is 64.9 Å². The van der Waals surface area contributed by atoms with Gasteiger partial charge in [-0.3, -0.25) is 0 Å². The van der Waals surface area contributed by atoms with Crippen LogP contribution in [0, 0.1) is 5.82 Å². The van der Waals surface area contributed by atoms with Crippen molar-refractivity contribution in [3.8, 4) is 0 Å². The van der Waals surface area contributed by atoms with E-state index in [0.717, 1.165) is 0 Å². The van der Waals surface area contributed by atoms with E-state index in [-0.39, 0.29) is 12.4 Å². The Morgan fingerprint density at radius 1 is 1.11 bits per heavy atom. The van der Waals surface area contributed by atoms with Gasteiger partial charge in [-0.1, -0.05) is 41.9 Å². The molecule has 2 aromatic carbocycles. The number of hydrogen-bond donors (Lipinski definition) is 2. The lowest BCUT2D eigenvalue weighted by Crippen LogP contribution is -2.28. The Kier molecular flexibility index (Phi) is 4.36. The fourth-order valence-electron chi connectivity index (χ4n) is 1.55. The van der Waals surface area contributed by atoms with Crippen molar-refractivity contribution in [3.63, 3.8) is 0 Å². The zero-order valence-electron chi connectivity index (χ0n) is 9.99. The lowest BCUT2D eigenvalue weighted by Gasteiger charge is -2.09. The summed E-state index contributed by atoms with van der Waals surface area (Å²) in [4.78, 5) is 11.6. The molecular weight excluding hydrogens is 267 g/mol. The fourth-order valence-corrected chi connectivity index (χ4v) is 1.73. The van der Waals surface area contributed by atoms with Crippen LogP contribution in [0.4, 0.5) is 14.9 Å². The molecule has 2 amide bonds. The molecule has 0 aliphatic rings. The predicted molar refractivity (Wildman–Crippen MR) is 73.7 cm³/mol. The molecular formula is C14H12ClFN2O. The topological polar surface area (TPSA) is 41.1 Å². The monoisotopic (exact) mass is 278 g/mol. The van der Waals surface area contributed by atoms with E-state index >= 15 is 0 Å². The largest absolute Gasteiger partial charge is 0.334 e. The molecule has 0 fully saturated rings. The summed E-state index contributed by atoms with van der Waals surface area (Å²) in [5.41, 5.74) is 0.937. The van der Waals surface area contributed by atoms with Crippen molar-refractivity contribution >= 4 is 23.3 Å². The number of nitrogens with one attached hydrogen (secondary N) is 2. The summed E-state index contributed by atoms with van der Waals surface area (Å²) < 4.78 is 13.3. The Labute approximate surface area is 115 Å². The van der Waals surface area contributed by atoms with Crippen molar-refractivity contribution < 1.29 is 9.18 Å². The van der Waals surface area contributed by atoms with Gasteiger partial charge in [-0.25, -0.2) is 9.18 Å². The number of hydrogen-bond acceptors (Lipinski definition) is 1. The smallest absolute Gasteiger partial charge is 0.319 e. The number of para-hydroxylation sites is 1. The standard InChI is InChI=1S/C14H12ClFN2O/c15-11-6-2-4-8-13(11)18-14(19)17-9-10-5-1-3-7-12(10)16/h1-8H,9H2,(H2,17,18,19). The fraction of sp³-hybridized carbons (Fsp3) is 0.0714. The van der Waals surface area contributed by atoms with Crippen molar-refractivity contribution in [1.82, 2.24) is 5.32 Å². The Bertz CT molecular complexity index is 589. The van der Waals surface area contributed by atoms with E-state index in [9.17, 15) is 9.18 Å². The van der Waals surface area contributed by atoms with Gasteiger partial charge in [0, 0.05) is 12.1 Å². The maximum Gasteiger partial charge on any atom is 0.319 e. The predicted octanol–water partition coefficient (Wildman–Crippen LogP) is 3.80. The zero-order valence-corrected chi connectivity index (χ0v) is 10.7. The van der Waals surface area contributed by atoms with Crippen molar-refractivity contribution in [2.45, 2.75) is 6.54 Å². The van der Waals surface area contributed by atoms with Crippen LogP contribution in [-0.4, -0.2) is 6.03 Å². The Balaban J connectivity index is 1.92. The van der Waals surface area contributed by atoms with Crippen LogP contribution in [0.5, 0.6) is 0 Å². The number of carbonyl (C=O) groups excluding carboxylic acids is 1. The molecule has 0 aliphatic heterocycles. The number of anilines is 1. The van der Waals surface area contributed by atoms with Crippen LogP contribution in [0.1, 0.15) is 5.56 Å². The van der Waals surface area contributed by atoms with Crippen molar-refractivity contribution in [1.29, 1.82) is 0 Å². The summed E-state index contributed by atoms with van der Waals surface area (Å²) in [6.07, 6.45) is 0. The second-order valence-electron chi connectivity index (χ2n) is 3.88. The Hall–Kier alpha value is -2.07. The average Bonchev–Trinajstić information content (AvgIpc) is 2.40. The molecule has 0 unspecified atom stereocenters. The first-order valence-corrected chi connectivity index (χ1v) is 6.07. The summed E-state index contributed by atoms with van der Waals surface area (Å²) in [5.74, 6) is -0.347. The highest BCUT2D eigenvalue weighted by molar-refractivity contribution is 6.33. The molecule has 0 atom stereocenters. The van der Waals surface area contributed by atoms with Gasteiger partial charge in [0.2, 0.25) is 0 Å². The molecule has 2 aromatic rings. The molecule has 0 radical (unpaired) electrons. The minimum Gasteiger partial charge on any atom is -0.334 e. The van der Waals surface area contributed by atoms with E-state index < -0.39 is 6.03 Å². The number of halogens is 2. The summed E-state index contributed by atoms with van der Waals surface area (Å²) in [5, 5.41) is 5.61. The van der Waals surface area contributed by atoms with Crippen LogP contribution in [0.15, 0.2) is 48.5 Å². The molecule has 0 aliphatic carbocycles. The third-order valence-corrected chi connectivity index (χ3v) is 2.85. The van der Waals surface area contributed by atoms with Gasteiger partial charge in [-0.2, -0.15) is 0 Å². The van der Waals surface area contributed by atoms with Gasteiger partial charge in [-0.05, 0) is 18.2 Å². The highest BCUT2D eigenvalue weighted by Gasteiger charge is 2.06. The highest BCUT2D eigenvalue weighted by Crippen LogP contribution is 2.20. The van der Waals surface area contributed by atoms with E-state index in [1.807, 2.05) is 0 Å². The third-order valence-electron chi connectivity index (χ3n) is 2.52. The highest BCUT2D eigenvalue weighted by atomic mass is 35.5. The molecule has 0 saturated heterocycles. The first kappa shape index (κ1) is 13.4. The molecule has 0 aromatic heterocycles. The molecule has 2 N–H and O–H groups in total. The van der Waals surface area contributed by atoms with Crippen LogP contribution in [0.25, 0.3) is 0 Å². The minimum atomic E-state index is -0.434. The lowest BCUT2D eigenvalue weighted by molar-refractivity contribution is 0.251. The van der Waals surface area contributed by atoms with E-state index in [2.05, 4.69) is 10.6 Å². The van der Waals surface area contributed by atoms with Gasteiger partial charge in [0.05, 0.1) is 10.7 Å². The van der Waals surface area contributed by atoms with E-state index in [1.54, 1.807) is 42.5 Å². The molecule has 19 heavy (non-hydrogen) atoms. The van der Waals surface area contributed by atoms with Crippen molar-refractivity contribution in [2.75, 3.05) is 5.32 Å². The van der Waals surface area contributed by atoms with Gasteiger partial charge in [0.1, 0.15) is 5.82 Å². The maximum atomic E-state index is 13.3. The van der Waals surface area contributed by atoms with Crippen LogP contribution < -0.4 is 10.6 Å². The molecule has 5 heteroatoms. The van der Waals surface area contributed by atoms with Gasteiger partial charge < -0.3 is 10.6 Å². The number of rotatable bonds is 3. The number of urea groups is 1. The molecule has 0 bridgehead atoms. The quantitative estimate of drug-likeness (QED) is 0.881. The number of amides is 2. The third kappa shape index (κ3) is 3.69. The molecule has 3 nitrogen and oxygen atoms in total. The number of carbonyl (C=O) groups is 1. The first-order valence-electron chi connectivity index (χ1n) is 5.69. The molecule has 98 valence electrons. The Morgan fingerprint density at radius 3 is 2.53 bits per heavy atom. The van der Waals surface area contributed by atoms with E-state index in [0.29, 0.717) is 16.3 Å². The van der Waals surface area contributed by atoms with Crippen LogP contribution >= 0.6 is 11.6 Å². The molecule has 0 heterocycles. The normalized spacial score (nSPS) is 10.0. The van der Waals surface area contributed by atoms with Gasteiger partial charge in [0.15, 0.2) is 0 Å². The summed E-state index contributed by atoms with van der Waals surface area (Å²) >= 11 is 5.91. The Morgan fingerprint density at radius 2 is 1.79 bits per heavy atom. The molecule has 2 rings (SSSR count). The molecule has 0 saturated carbocycles. The summed E-state index contributed by atoms with van der Waals surface area (Å²) in [6, 6.07) is 12.7. The van der Waals surface area contributed by atoms with E-state index in [4.69, 9.17) is 11.6 Å². The maximum absolute atomic E-state index is 13.3. The van der Waals surface area contributed by atoms with Crippen LogP contribution in [0.3, 0.4) is 0 Å². The van der Waals surface area contributed by atoms with Crippen LogP contribution in [-0.2, 0) is 6.54 Å². The average molecular weight is 279 g/mol. The first-order chi connectivity index (χ1) is 9.16. The van der Waals surface area contributed by atoms with Crippen molar-refractivity contribution in [2.24, 2.45) is 0 Å².